The standard InChI is InChI=1S/C17H15FN4O2/c1-23-13-4-2-3-5-14(13)24-17-15(19)16(20-10-21-17)22-12-8-6-11(18)7-9-12/h2-10H,19H2,1H3,(H,20,21,22). The second-order valence-corrected chi connectivity index (χ2v) is 4.83. The summed E-state index contributed by atoms with van der Waals surface area (Å²) in [4.78, 5) is 8.14. The highest BCUT2D eigenvalue weighted by Gasteiger charge is 2.13. The van der Waals surface area contributed by atoms with Crippen molar-refractivity contribution in [1.29, 1.82) is 0 Å². The van der Waals surface area contributed by atoms with Crippen LogP contribution in [0.15, 0.2) is 54.9 Å². The maximum atomic E-state index is 13.0. The van der Waals surface area contributed by atoms with Gasteiger partial charge in [0.1, 0.15) is 17.8 Å². The molecular formula is C17H15FN4O2. The molecule has 0 aliphatic rings. The topological polar surface area (TPSA) is 82.3 Å². The molecule has 1 aromatic heterocycles. The Bertz CT molecular complexity index is 840. The summed E-state index contributed by atoms with van der Waals surface area (Å²) in [6.45, 7) is 0. The van der Waals surface area contributed by atoms with Gasteiger partial charge in [-0.15, -0.1) is 0 Å². The smallest absolute Gasteiger partial charge is 0.248 e. The number of ether oxygens (including phenoxy) is 2. The molecule has 0 bridgehead atoms. The number of nitrogen functional groups attached to an aromatic ring is 1. The zero-order valence-electron chi connectivity index (χ0n) is 12.9. The van der Waals surface area contributed by atoms with Gasteiger partial charge in [-0.1, -0.05) is 12.1 Å². The molecule has 0 aliphatic carbocycles. The molecule has 0 unspecified atom stereocenters. The summed E-state index contributed by atoms with van der Waals surface area (Å²) in [6, 6.07) is 13.0. The van der Waals surface area contributed by atoms with Gasteiger partial charge >= 0.3 is 0 Å². The zero-order chi connectivity index (χ0) is 16.9. The van der Waals surface area contributed by atoms with Crippen LogP contribution in [0, 0.1) is 5.82 Å². The Balaban J connectivity index is 1.86. The van der Waals surface area contributed by atoms with Gasteiger partial charge in [-0.05, 0) is 36.4 Å². The fourth-order valence-electron chi connectivity index (χ4n) is 2.04. The fourth-order valence-corrected chi connectivity index (χ4v) is 2.04. The Hall–Kier alpha value is -3.35. The van der Waals surface area contributed by atoms with Gasteiger partial charge in [-0.2, -0.15) is 4.98 Å². The Morgan fingerprint density at radius 3 is 2.42 bits per heavy atom. The van der Waals surface area contributed by atoms with Crippen LogP contribution in [-0.4, -0.2) is 17.1 Å². The van der Waals surface area contributed by atoms with Crippen molar-refractivity contribution in [2.24, 2.45) is 0 Å². The molecule has 0 atom stereocenters. The average molecular weight is 326 g/mol. The van der Waals surface area contributed by atoms with Crippen molar-refractivity contribution in [1.82, 2.24) is 9.97 Å². The van der Waals surface area contributed by atoms with Crippen molar-refractivity contribution in [2.75, 3.05) is 18.2 Å². The summed E-state index contributed by atoms with van der Waals surface area (Å²) in [5.41, 5.74) is 6.95. The molecule has 122 valence electrons. The van der Waals surface area contributed by atoms with Gasteiger partial charge < -0.3 is 20.5 Å². The van der Waals surface area contributed by atoms with Crippen LogP contribution in [0.5, 0.6) is 17.4 Å². The molecule has 0 radical (unpaired) electrons. The number of hydrogen-bond acceptors (Lipinski definition) is 6. The van der Waals surface area contributed by atoms with Crippen LogP contribution in [0.25, 0.3) is 0 Å². The molecule has 6 nitrogen and oxygen atoms in total. The van der Waals surface area contributed by atoms with E-state index in [0.29, 0.717) is 23.0 Å². The first-order valence-corrected chi connectivity index (χ1v) is 7.11. The predicted octanol–water partition coefficient (Wildman–Crippen LogP) is 3.74. The minimum atomic E-state index is -0.323. The maximum absolute atomic E-state index is 13.0. The van der Waals surface area contributed by atoms with E-state index in [2.05, 4.69) is 15.3 Å². The summed E-state index contributed by atoms with van der Waals surface area (Å²) in [5.74, 6) is 1.28. The highest BCUT2D eigenvalue weighted by Crippen LogP contribution is 2.35. The van der Waals surface area contributed by atoms with E-state index in [0.717, 1.165) is 0 Å². The van der Waals surface area contributed by atoms with Gasteiger partial charge in [0.2, 0.25) is 5.88 Å². The van der Waals surface area contributed by atoms with Crippen molar-refractivity contribution in [3.8, 4) is 17.4 Å². The molecule has 24 heavy (non-hydrogen) atoms. The molecular weight excluding hydrogens is 311 g/mol. The SMILES string of the molecule is COc1ccccc1Oc1ncnc(Nc2ccc(F)cc2)c1N. The number of anilines is 3. The highest BCUT2D eigenvalue weighted by molar-refractivity contribution is 5.72. The molecule has 0 fully saturated rings. The minimum absolute atomic E-state index is 0.194. The van der Waals surface area contributed by atoms with Crippen LogP contribution in [0.4, 0.5) is 21.6 Å². The van der Waals surface area contributed by atoms with Crippen molar-refractivity contribution in [3.05, 3.63) is 60.7 Å². The molecule has 0 amide bonds. The average Bonchev–Trinajstić information content (AvgIpc) is 2.61. The number of nitrogens with two attached hydrogens (primary N) is 1. The lowest BCUT2D eigenvalue weighted by molar-refractivity contribution is 0.374. The number of hydrogen-bond donors (Lipinski definition) is 2. The van der Waals surface area contributed by atoms with Crippen LogP contribution in [-0.2, 0) is 0 Å². The van der Waals surface area contributed by atoms with E-state index < -0.39 is 0 Å². The lowest BCUT2D eigenvalue weighted by atomic mass is 10.3. The molecule has 2 aromatic carbocycles. The Labute approximate surface area is 138 Å². The quantitative estimate of drug-likeness (QED) is 0.743. The summed E-state index contributed by atoms with van der Waals surface area (Å²) in [6.07, 6.45) is 1.33. The van der Waals surface area contributed by atoms with Crippen LogP contribution in [0.3, 0.4) is 0 Å². The van der Waals surface area contributed by atoms with Crippen molar-refractivity contribution in [3.63, 3.8) is 0 Å². The fraction of sp³-hybridized carbons (Fsp3) is 0.0588. The third kappa shape index (κ3) is 3.35. The van der Waals surface area contributed by atoms with Gasteiger partial charge in [0, 0.05) is 5.69 Å². The summed E-state index contributed by atoms with van der Waals surface area (Å²) >= 11 is 0. The van der Waals surface area contributed by atoms with Gasteiger partial charge in [-0.25, -0.2) is 9.37 Å². The Morgan fingerprint density at radius 1 is 1.00 bits per heavy atom. The van der Waals surface area contributed by atoms with E-state index in [1.165, 1.54) is 18.5 Å². The lowest BCUT2D eigenvalue weighted by Gasteiger charge is -2.13. The zero-order valence-corrected chi connectivity index (χ0v) is 12.9. The monoisotopic (exact) mass is 326 g/mol. The van der Waals surface area contributed by atoms with Crippen LogP contribution in [0.2, 0.25) is 0 Å². The number of para-hydroxylation sites is 2. The molecule has 0 saturated carbocycles. The number of nitrogens with one attached hydrogen (secondary N) is 1. The summed E-state index contributed by atoms with van der Waals surface area (Å²) in [5, 5.41) is 3.00. The van der Waals surface area contributed by atoms with Gasteiger partial charge in [-0.3, -0.25) is 0 Å². The van der Waals surface area contributed by atoms with E-state index in [9.17, 15) is 4.39 Å². The Morgan fingerprint density at radius 2 is 1.71 bits per heavy atom. The number of nitrogens with zero attached hydrogens (tertiary/aromatic N) is 2. The largest absolute Gasteiger partial charge is 0.493 e. The van der Waals surface area contributed by atoms with Crippen molar-refractivity contribution in [2.45, 2.75) is 0 Å². The third-order valence-corrected chi connectivity index (χ3v) is 3.23. The first kappa shape index (κ1) is 15.5. The van der Waals surface area contributed by atoms with Crippen molar-refractivity contribution < 1.29 is 13.9 Å². The van der Waals surface area contributed by atoms with Gasteiger partial charge in [0.15, 0.2) is 17.3 Å². The van der Waals surface area contributed by atoms with E-state index in [1.54, 1.807) is 31.4 Å². The van der Waals surface area contributed by atoms with Crippen LogP contribution >= 0.6 is 0 Å². The van der Waals surface area contributed by atoms with E-state index >= 15 is 0 Å². The highest BCUT2D eigenvalue weighted by atomic mass is 19.1. The second-order valence-electron chi connectivity index (χ2n) is 4.83. The van der Waals surface area contributed by atoms with E-state index in [-0.39, 0.29) is 17.4 Å². The molecule has 0 aliphatic heterocycles. The minimum Gasteiger partial charge on any atom is -0.493 e. The lowest BCUT2D eigenvalue weighted by Crippen LogP contribution is -2.03. The van der Waals surface area contributed by atoms with Crippen LogP contribution in [0.1, 0.15) is 0 Å². The number of aromatic nitrogens is 2. The molecule has 0 spiro atoms. The number of benzene rings is 2. The Kier molecular flexibility index (Phi) is 4.42. The normalized spacial score (nSPS) is 10.2. The number of halogens is 1. The molecule has 3 aromatic rings. The molecule has 3 N–H and O–H groups in total. The molecule has 3 rings (SSSR count). The summed E-state index contributed by atoms with van der Waals surface area (Å²) < 4.78 is 23.9. The number of rotatable bonds is 5. The second kappa shape index (κ2) is 6.82. The van der Waals surface area contributed by atoms with Gasteiger partial charge in [0.05, 0.1) is 7.11 Å². The van der Waals surface area contributed by atoms with Crippen LogP contribution < -0.4 is 20.5 Å². The van der Waals surface area contributed by atoms with E-state index in [4.69, 9.17) is 15.2 Å². The molecule has 0 saturated heterocycles. The van der Waals surface area contributed by atoms with Crippen molar-refractivity contribution >= 4 is 17.2 Å². The number of methoxy groups -OCH3 is 1. The van der Waals surface area contributed by atoms with Gasteiger partial charge in [0.25, 0.3) is 0 Å². The third-order valence-electron chi connectivity index (χ3n) is 3.23. The first-order chi connectivity index (χ1) is 11.7. The first-order valence-electron chi connectivity index (χ1n) is 7.11. The summed E-state index contributed by atoms with van der Waals surface area (Å²) in [7, 11) is 1.55. The van der Waals surface area contributed by atoms with E-state index in [1.807, 2.05) is 12.1 Å². The maximum Gasteiger partial charge on any atom is 0.248 e. The predicted molar refractivity (Wildman–Crippen MR) is 89.2 cm³/mol. The molecule has 1 heterocycles. The molecule has 7 heteroatoms.